The van der Waals surface area contributed by atoms with Gasteiger partial charge in [-0.05, 0) is 57.4 Å². The Morgan fingerprint density at radius 1 is 1.10 bits per heavy atom. The van der Waals surface area contributed by atoms with Crippen molar-refractivity contribution in [1.82, 2.24) is 15.0 Å². The minimum Gasteiger partial charge on any atom is -0.481 e. The van der Waals surface area contributed by atoms with Gasteiger partial charge in [-0.25, -0.2) is 0 Å². The SMILES string of the molecule is Cc1ccc(-c2noc(CN(C)C(=O)[C@H](C)Oc3cc(C)cc(C)c3C)n2)cc1. The number of carbonyl (C=O) groups excluding carboxylic acids is 1. The molecule has 1 amide bonds. The van der Waals surface area contributed by atoms with E-state index >= 15 is 0 Å². The molecule has 1 atom stereocenters. The van der Waals surface area contributed by atoms with Crippen LogP contribution in [0, 0.1) is 27.7 Å². The lowest BCUT2D eigenvalue weighted by molar-refractivity contribution is -0.137. The predicted molar refractivity (Wildman–Crippen MR) is 112 cm³/mol. The van der Waals surface area contributed by atoms with Crippen molar-refractivity contribution in [2.45, 2.75) is 47.3 Å². The molecule has 152 valence electrons. The highest BCUT2D eigenvalue weighted by Crippen LogP contribution is 2.25. The van der Waals surface area contributed by atoms with Crippen LogP contribution >= 0.6 is 0 Å². The van der Waals surface area contributed by atoms with Crippen molar-refractivity contribution in [1.29, 1.82) is 0 Å². The smallest absolute Gasteiger partial charge is 0.263 e. The van der Waals surface area contributed by atoms with Gasteiger partial charge in [0.1, 0.15) is 5.75 Å². The van der Waals surface area contributed by atoms with Gasteiger partial charge in [-0.15, -0.1) is 0 Å². The zero-order chi connectivity index (χ0) is 21.1. The van der Waals surface area contributed by atoms with E-state index < -0.39 is 6.10 Å². The van der Waals surface area contributed by atoms with E-state index in [1.807, 2.05) is 58.0 Å². The second kappa shape index (κ2) is 8.47. The first-order valence-corrected chi connectivity index (χ1v) is 9.63. The number of amides is 1. The lowest BCUT2D eigenvalue weighted by atomic mass is 10.1. The van der Waals surface area contributed by atoms with Gasteiger partial charge in [0, 0.05) is 12.6 Å². The topological polar surface area (TPSA) is 68.5 Å². The standard InChI is InChI=1S/C23H27N3O3/c1-14-7-9-19(10-8-14)22-24-21(29-25-22)13-26(6)23(27)18(5)28-20-12-15(2)11-16(3)17(20)4/h7-12,18H,13H2,1-6H3/t18-/m0/s1. The molecule has 0 aliphatic rings. The van der Waals surface area contributed by atoms with Crippen molar-refractivity contribution in [3.05, 3.63) is 64.5 Å². The fourth-order valence-corrected chi connectivity index (χ4v) is 3.09. The molecule has 3 aromatic rings. The third-order valence-corrected chi connectivity index (χ3v) is 4.94. The maximum absolute atomic E-state index is 12.8. The first-order chi connectivity index (χ1) is 13.7. The van der Waals surface area contributed by atoms with Crippen LogP contribution in [0.2, 0.25) is 0 Å². The molecule has 0 aliphatic heterocycles. The van der Waals surface area contributed by atoms with Crippen LogP contribution in [0.15, 0.2) is 40.9 Å². The molecule has 1 heterocycles. The molecule has 0 radical (unpaired) electrons. The molecule has 0 N–H and O–H groups in total. The van der Waals surface area contributed by atoms with E-state index in [4.69, 9.17) is 9.26 Å². The Hall–Kier alpha value is -3.15. The normalized spacial score (nSPS) is 11.9. The van der Waals surface area contributed by atoms with Crippen LogP contribution in [0.1, 0.15) is 35.1 Å². The largest absolute Gasteiger partial charge is 0.481 e. The second-order valence-corrected chi connectivity index (χ2v) is 7.54. The van der Waals surface area contributed by atoms with Crippen molar-refractivity contribution in [2.24, 2.45) is 0 Å². The third kappa shape index (κ3) is 4.83. The lowest BCUT2D eigenvalue weighted by Crippen LogP contribution is -2.37. The average molecular weight is 393 g/mol. The number of aryl methyl sites for hydroxylation is 3. The van der Waals surface area contributed by atoms with Gasteiger partial charge in [-0.1, -0.05) is 41.1 Å². The van der Waals surface area contributed by atoms with Crippen LogP contribution in [0.3, 0.4) is 0 Å². The summed E-state index contributed by atoms with van der Waals surface area (Å²) in [6.45, 7) is 10.0. The predicted octanol–water partition coefficient (Wildman–Crippen LogP) is 4.40. The monoisotopic (exact) mass is 393 g/mol. The van der Waals surface area contributed by atoms with Crippen molar-refractivity contribution >= 4 is 5.91 Å². The number of likely N-dealkylation sites (N-methyl/N-ethyl adjacent to an activating group) is 1. The summed E-state index contributed by atoms with van der Waals surface area (Å²) in [5.74, 6) is 1.47. The number of hydrogen-bond acceptors (Lipinski definition) is 5. The van der Waals surface area contributed by atoms with Gasteiger partial charge in [0.15, 0.2) is 6.10 Å². The zero-order valence-electron chi connectivity index (χ0n) is 17.8. The Balaban J connectivity index is 1.65. The van der Waals surface area contributed by atoms with Crippen molar-refractivity contribution in [3.8, 4) is 17.1 Å². The highest BCUT2D eigenvalue weighted by atomic mass is 16.5. The van der Waals surface area contributed by atoms with Crippen LogP contribution in [0.5, 0.6) is 5.75 Å². The first-order valence-electron chi connectivity index (χ1n) is 9.63. The molecule has 0 spiro atoms. The quantitative estimate of drug-likeness (QED) is 0.621. The van der Waals surface area contributed by atoms with Gasteiger partial charge >= 0.3 is 0 Å². The summed E-state index contributed by atoms with van der Waals surface area (Å²) < 4.78 is 11.3. The highest BCUT2D eigenvalue weighted by Gasteiger charge is 2.22. The minimum atomic E-state index is -0.626. The number of rotatable bonds is 6. The van der Waals surface area contributed by atoms with Gasteiger partial charge in [0.2, 0.25) is 11.7 Å². The zero-order valence-corrected chi connectivity index (χ0v) is 17.8. The van der Waals surface area contributed by atoms with Crippen molar-refractivity contribution < 1.29 is 14.1 Å². The molecule has 6 heteroatoms. The van der Waals surface area contributed by atoms with Crippen LogP contribution in [0.4, 0.5) is 0 Å². The molecule has 6 nitrogen and oxygen atoms in total. The summed E-state index contributed by atoms with van der Waals surface area (Å²) in [6.07, 6.45) is -0.626. The minimum absolute atomic E-state index is 0.154. The third-order valence-electron chi connectivity index (χ3n) is 4.94. The van der Waals surface area contributed by atoms with E-state index in [2.05, 4.69) is 16.2 Å². The Morgan fingerprint density at radius 3 is 2.48 bits per heavy atom. The summed E-state index contributed by atoms with van der Waals surface area (Å²) in [4.78, 5) is 18.7. The van der Waals surface area contributed by atoms with Crippen molar-refractivity contribution in [3.63, 3.8) is 0 Å². The Bertz CT molecular complexity index is 1010. The first kappa shape index (κ1) is 20.6. The van der Waals surface area contributed by atoms with Crippen LogP contribution in [-0.2, 0) is 11.3 Å². The molecule has 1 aromatic heterocycles. The summed E-state index contributed by atoms with van der Waals surface area (Å²) >= 11 is 0. The molecular weight excluding hydrogens is 366 g/mol. The molecule has 3 rings (SSSR count). The lowest BCUT2D eigenvalue weighted by Gasteiger charge is -2.22. The number of benzene rings is 2. The Labute approximate surface area is 171 Å². The maximum atomic E-state index is 12.8. The molecule has 0 saturated heterocycles. The summed E-state index contributed by atoms with van der Waals surface area (Å²) in [5.41, 5.74) is 5.32. The van der Waals surface area contributed by atoms with Crippen LogP contribution < -0.4 is 4.74 Å². The fraction of sp³-hybridized carbons (Fsp3) is 0.348. The van der Waals surface area contributed by atoms with Gasteiger partial charge in [-0.2, -0.15) is 4.98 Å². The van der Waals surface area contributed by atoms with Crippen LogP contribution in [0.25, 0.3) is 11.4 Å². The molecule has 2 aromatic carbocycles. The molecule has 29 heavy (non-hydrogen) atoms. The van der Waals surface area contributed by atoms with E-state index in [-0.39, 0.29) is 12.5 Å². The van der Waals surface area contributed by atoms with E-state index in [1.165, 1.54) is 4.90 Å². The van der Waals surface area contributed by atoms with E-state index in [9.17, 15) is 4.79 Å². The average Bonchev–Trinajstić information content (AvgIpc) is 3.14. The summed E-state index contributed by atoms with van der Waals surface area (Å²) in [7, 11) is 1.70. The molecule has 0 fully saturated rings. The maximum Gasteiger partial charge on any atom is 0.263 e. The number of nitrogens with zero attached hydrogens (tertiary/aromatic N) is 3. The van der Waals surface area contributed by atoms with E-state index in [1.54, 1.807) is 14.0 Å². The second-order valence-electron chi connectivity index (χ2n) is 7.54. The van der Waals surface area contributed by atoms with E-state index in [0.29, 0.717) is 11.7 Å². The number of ether oxygens (including phenoxy) is 1. The number of aromatic nitrogens is 2. The van der Waals surface area contributed by atoms with Crippen LogP contribution in [-0.4, -0.2) is 34.1 Å². The Morgan fingerprint density at radius 2 is 1.79 bits per heavy atom. The van der Waals surface area contributed by atoms with Gasteiger partial charge in [0.05, 0.1) is 6.54 Å². The van der Waals surface area contributed by atoms with Gasteiger partial charge in [-0.3, -0.25) is 4.79 Å². The molecule has 0 saturated carbocycles. The Kier molecular flexibility index (Phi) is 6.01. The molecular formula is C23H27N3O3. The van der Waals surface area contributed by atoms with Crippen molar-refractivity contribution in [2.75, 3.05) is 7.05 Å². The number of hydrogen-bond donors (Lipinski definition) is 0. The highest BCUT2D eigenvalue weighted by molar-refractivity contribution is 5.80. The summed E-state index contributed by atoms with van der Waals surface area (Å²) in [5, 5.41) is 4.02. The summed E-state index contributed by atoms with van der Waals surface area (Å²) in [6, 6.07) is 11.9. The number of carbonyl (C=O) groups is 1. The van der Waals surface area contributed by atoms with E-state index in [0.717, 1.165) is 33.6 Å². The molecule has 0 aliphatic carbocycles. The van der Waals surface area contributed by atoms with Gasteiger partial charge in [0.25, 0.3) is 5.91 Å². The molecule has 0 unspecified atom stereocenters. The van der Waals surface area contributed by atoms with Gasteiger partial charge < -0.3 is 14.2 Å². The fourth-order valence-electron chi connectivity index (χ4n) is 3.09. The molecule has 0 bridgehead atoms.